The van der Waals surface area contributed by atoms with E-state index in [1.54, 1.807) is 6.20 Å². The van der Waals surface area contributed by atoms with E-state index >= 15 is 0 Å². The summed E-state index contributed by atoms with van der Waals surface area (Å²) in [5.41, 5.74) is 1.82. The van der Waals surface area contributed by atoms with Crippen molar-refractivity contribution in [3.05, 3.63) is 30.1 Å². The number of nitrogens with zero attached hydrogens (tertiary/aromatic N) is 1. The third kappa shape index (κ3) is 2.85. The second-order valence-corrected chi connectivity index (χ2v) is 6.21. The van der Waals surface area contributed by atoms with Gasteiger partial charge in [-0.25, -0.2) is 4.98 Å². The fourth-order valence-corrected chi connectivity index (χ4v) is 2.95. The Morgan fingerprint density at radius 2 is 2.33 bits per heavy atom. The molecule has 96 valence electrons. The van der Waals surface area contributed by atoms with Crippen molar-refractivity contribution in [2.75, 3.05) is 0 Å². The molecule has 2 N–H and O–H groups in total. The Morgan fingerprint density at radius 3 is 3.00 bits per heavy atom. The molecule has 0 aliphatic heterocycles. The van der Waals surface area contributed by atoms with Crippen LogP contribution in [0.4, 0.5) is 0 Å². The quantitative estimate of drug-likeness (QED) is 0.871. The second-order valence-electron chi connectivity index (χ2n) is 4.43. The first-order valence-electron chi connectivity index (χ1n) is 5.87. The lowest BCUT2D eigenvalue weighted by molar-refractivity contribution is -0.136. The summed E-state index contributed by atoms with van der Waals surface area (Å²) in [6.45, 7) is 4.02. The molecule has 1 atom stereocenters. The highest BCUT2D eigenvalue weighted by molar-refractivity contribution is 8.01. The van der Waals surface area contributed by atoms with E-state index in [-0.39, 0.29) is 0 Å². The SMILES string of the molecule is CC(C)S[C@@H](Cc1c[nH]c2ncccc12)C(=O)O. The van der Waals surface area contributed by atoms with Crippen LogP contribution in [0.3, 0.4) is 0 Å². The van der Waals surface area contributed by atoms with Crippen molar-refractivity contribution >= 4 is 28.8 Å². The van der Waals surface area contributed by atoms with E-state index in [2.05, 4.69) is 9.97 Å². The molecule has 2 aromatic rings. The number of hydrogen-bond donors (Lipinski definition) is 2. The molecule has 0 amide bonds. The molecule has 0 spiro atoms. The number of nitrogens with one attached hydrogen (secondary N) is 1. The van der Waals surface area contributed by atoms with Crippen molar-refractivity contribution in [2.45, 2.75) is 30.8 Å². The molecule has 5 heteroatoms. The number of pyridine rings is 1. The molecular formula is C13H16N2O2S. The Balaban J connectivity index is 2.23. The average molecular weight is 264 g/mol. The van der Waals surface area contributed by atoms with Gasteiger partial charge in [-0.05, 0) is 29.4 Å². The minimum atomic E-state index is -0.757. The molecule has 0 saturated carbocycles. The van der Waals surface area contributed by atoms with E-state index in [9.17, 15) is 9.90 Å². The summed E-state index contributed by atoms with van der Waals surface area (Å²) >= 11 is 1.48. The van der Waals surface area contributed by atoms with Crippen molar-refractivity contribution in [1.82, 2.24) is 9.97 Å². The zero-order valence-electron chi connectivity index (χ0n) is 10.4. The Hall–Kier alpha value is -1.49. The van der Waals surface area contributed by atoms with E-state index in [4.69, 9.17) is 0 Å². The third-order valence-corrected chi connectivity index (χ3v) is 3.90. The van der Waals surface area contributed by atoms with Crippen molar-refractivity contribution in [2.24, 2.45) is 0 Å². The van der Waals surface area contributed by atoms with Crippen LogP contribution in [0.25, 0.3) is 11.0 Å². The average Bonchev–Trinajstić information content (AvgIpc) is 2.71. The number of carboxylic acid groups (broad SMARTS) is 1. The number of carboxylic acids is 1. The van der Waals surface area contributed by atoms with Gasteiger partial charge in [-0.3, -0.25) is 4.79 Å². The number of fused-ring (bicyclic) bond motifs is 1. The zero-order valence-corrected chi connectivity index (χ0v) is 11.2. The van der Waals surface area contributed by atoms with Crippen LogP contribution >= 0.6 is 11.8 Å². The maximum Gasteiger partial charge on any atom is 0.316 e. The topological polar surface area (TPSA) is 66.0 Å². The number of thioether (sulfide) groups is 1. The summed E-state index contributed by atoms with van der Waals surface area (Å²) in [7, 11) is 0. The van der Waals surface area contributed by atoms with Gasteiger partial charge in [0.05, 0.1) is 0 Å². The molecule has 0 aliphatic carbocycles. The van der Waals surface area contributed by atoms with Crippen LogP contribution in [-0.4, -0.2) is 31.5 Å². The summed E-state index contributed by atoms with van der Waals surface area (Å²) in [5.74, 6) is -0.757. The normalized spacial score (nSPS) is 13.1. The van der Waals surface area contributed by atoms with E-state index in [0.29, 0.717) is 11.7 Å². The van der Waals surface area contributed by atoms with Crippen molar-refractivity contribution in [1.29, 1.82) is 0 Å². The van der Waals surface area contributed by atoms with E-state index in [1.165, 1.54) is 11.8 Å². The first-order valence-corrected chi connectivity index (χ1v) is 6.81. The highest BCUT2D eigenvalue weighted by Gasteiger charge is 2.21. The third-order valence-electron chi connectivity index (χ3n) is 2.65. The van der Waals surface area contributed by atoms with E-state index < -0.39 is 11.2 Å². The zero-order chi connectivity index (χ0) is 13.1. The number of H-pyrrole nitrogens is 1. The van der Waals surface area contributed by atoms with Gasteiger partial charge in [0, 0.05) is 17.8 Å². The van der Waals surface area contributed by atoms with Gasteiger partial charge in [0.1, 0.15) is 10.9 Å². The number of aromatic amines is 1. The van der Waals surface area contributed by atoms with Gasteiger partial charge in [-0.2, -0.15) is 0 Å². The van der Waals surface area contributed by atoms with Gasteiger partial charge < -0.3 is 10.1 Å². The monoisotopic (exact) mass is 264 g/mol. The lowest BCUT2D eigenvalue weighted by Gasteiger charge is -2.13. The Labute approximate surface area is 110 Å². The fourth-order valence-electron chi connectivity index (χ4n) is 1.90. The molecular weight excluding hydrogens is 248 g/mol. The standard InChI is InChI=1S/C13H16N2O2S/c1-8(2)18-11(13(16)17)6-9-7-15-12-10(9)4-3-5-14-12/h3-5,7-8,11H,6H2,1-2H3,(H,14,15)(H,16,17)/t11-/m0/s1. The molecule has 0 aliphatic rings. The highest BCUT2D eigenvalue weighted by atomic mass is 32.2. The summed E-state index contributed by atoms with van der Waals surface area (Å²) in [4.78, 5) is 18.5. The molecule has 0 aromatic carbocycles. The maximum absolute atomic E-state index is 11.3. The lowest BCUT2D eigenvalue weighted by atomic mass is 10.1. The van der Waals surface area contributed by atoms with Crippen LogP contribution in [-0.2, 0) is 11.2 Å². The van der Waals surface area contributed by atoms with Crippen LogP contribution in [0.2, 0.25) is 0 Å². The molecule has 0 unspecified atom stereocenters. The minimum absolute atomic E-state index is 0.300. The molecule has 0 radical (unpaired) electrons. The molecule has 2 rings (SSSR count). The summed E-state index contributed by atoms with van der Waals surface area (Å²) in [5, 5.41) is 10.1. The Kier molecular flexibility index (Phi) is 3.91. The first-order chi connectivity index (χ1) is 8.58. The molecule has 0 saturated heterocycles. The van der Waals surface area contributed by atoms with Crippen LogP contribution < -0.4 is 0 Å². The number of aliphatic carboxylic acids is 1. The maximum atomic E-state index is 11.3. The number of carbonyl (C=O) groups is 1. The van der Waals surface area contributed by atoms with Crippen LogP contribution in [0.15, 0.2) is 24.5 Å². The van der Waals surface area contributed by atoms with Crippen LogP contribution in [0.1, 0.15) is 19.4 Å². The molecule has 0 fully saturated rings. The smallest absolute Gasteiger partial charge is 0.316 e. The van der Waals surface area contributed by atoms with Crippen LogP contribution in [0.5, 0.6) is 0 Å². The number of hydrogen-bond acceptors (Lipinski definition) is 3. The fraction of sp³-hybridized carbons (Fsp3) is 0.385. The van der Waals surface area contributed by atoms with Crippen molar-refractivity contribution < 1.29 is 9.90 Å². The molecule has 2 heterocycles. The molecule has 0 bridgehead atoms. The van der Waals surface area contributed by atoms with Crippen LogP contribution in [0, 0.1) is 0 Å². The predicted octanol–water partition coefficient (Wildman–Crippen LogP) is 2.70. The first kappa shape index (κ1) is 13.0. The largest absolute Gasteiger partial charge is 0.480 e. The molecule has 4 nitrogen and oxygen atoms in total. The van der Waals surface area contributed by atoms with E-state index in [0.717, 1.165) is 16.6 Å². The Morgan fingerprint density at radius 1 is 1.56 bits per heavy atom. The van der Waals surface area contributed by atoms with Gasteiger partial charge in [-0.15, -0.1) is 11.8 Å². The van der Waals surface area contributed by atoms with Gasteiger partial charge in [-0.1, -0.05) is 13.8 Å². The van der Waals surface area contributed by atoms with Gasteiger partial charge in [0.15, 0.2) is 0 Å². The summed E-state index contributed by atoms with van der Waals surface area (Å²) < 4.78 is 0. The molecule has 2 aromatic heterocycles. The van der Waals surface area contributed by atoms with Crippen molar-refractivity contribution in [3.63, 3.8) is 0 Å². The van der Waals surface area contributed by atoms with Gasteiger partial charge in [0.2, 0.25) is 0 Å². The Bertz CT molecular complexity index is 551. The van der Waals surface area contributed by atoms with E-state index in [1.807, 2.05) is 32.2 Å². The predicted molar refractivity (Wildman–Crippen MR) is 73.9 cm³/mol. The molecule has 18 heavy (non-hydrogen) atoms. The summed E-state index contributed by atoms with van der Waals surface area (Å²) in [6, 6.07) is 3.83. The number of rotatable bonds is 5. The van der Waals surface area contributed by atoms with Gasteiger partial charge in [0.25, 0.3) is 0 Å². The lowest BCUT2D eigenvalue weighted by Crippen LogP contribution is -2.21. The highest BCUT2D eigenvalue weighted by Crippen LogP contribution is 2.25. The second kappa shape index (κ2) is 5.44. The van der Waals surface area contributed by atoms with Gasteiger partial charge >= 0.3 is 5.97 Å². The van der Waals surface area contributed by atoms with Crippen molar-refractivity contribution in [3.8, 4) is 0 Å². The summed E-state index contributed by atoms with van der Waals surface area (Å²) in [6.07, 6.45) is 4.10. The number of aromatic nitrogens is 2. The minimum Gasteiger partial charge on any atom is -0.480 e.